The summed E-state index contributed by atoms with van der Waals surface area (Å²) in [6, 6.07) is 18.2. The topological polar surface area (TPSA) is 58.2 Å². The third-order valence-corrected chi connectivity index (χ3v) is 6.43. The molecule has 134 valence electrons. The summed E-state index contributed by atoms with van der Waals surface area (Å²) < 4.78 is 0.972. The average molecular weight is 413 g/mol. The molecule has 0 spiro atoms. The smallest absolute Gasteiger partial charge is 0.267 e. The van der Waals surface area contributed by atoms with E-state index in [4.69, 9.17) is 11.6 Å². The summed E-state index contributed by atoms with van der Waals surface area (Å²) in [4.78, 5) is 25.8. The van der Waals surface area contributed by atoms with Gasteiger partial charge in [-0.25, -0.2) is 0 Å². The van der Waals surface area contributed by atoms with Crippen LogP contribution in [0.15, 0.2) is 66.0 Å². The number of benzene rings is 2. The Kier molecular flexibility index (Phi) is 4.94. The fourth-order valence-corrected chi connectivity index (χ4v) is 4.62. The number of carbonyl (C=O) groups excluding carboxylic acids is 2. The van der Waals surface area contributed by atoms with Gasteiger partial charge >= 0.3 is 0 Å². The zero-order chi connectivity index (χ0) is 18.8. The molecule has 4 nitrogen and oxygen atoms in total. The van der Waals surface area contributed by atoms with Crippen molar-refractivity contribution in [2.45, 2.75) is 0 Å². The van der Waals surface area contributed by atoms with Crippen LogP contribution in [0.2, 0.25) is 5.02 Å². The van der Waals surface area contributed by atoms with Crippen LogP contribution >= 0.6 is 34.3 Å². The molecule has 4 aromatic rings. The number of anilines is 2. The van der Waals surface area contributed by atoms with Gasteiger partial charge in [0.15, 0.2) is 0 Å². The van der Waals surface area contributed by atoms with Crippen LogP contribution in [0.25, 0.3) is 10.1 Å². The Morgan fingerprint density at radius 2 is 1.48 bits per heavy atom. The monoisotopic (exact) mass is 412 g/mol. The van der Waals surface area contributed by atoms with E-state index in [9.17, 15) is 9.59 Å². The van der Waals surface area contributed by atoms with Crippen LogP contribution in [-0.4, -0.2) is 11.8 Å². The zero-order valence-corrected chi connectivity index (χ0v) is 16.3. The summed E-state index contributed by atoms with van der Waals surface area (Å²) in [6.45, 7) is 0. The molecule has 0 saturated carbocycles. The third kappa shape index (κ3) is 3.73. The van der Waals surface area contributed by atoms with Crippen LogP contribution in [0.4, 0.5) is 11.4 Å². The Morgan fingerprint density at radius 3 is 2.11 bits per heavy atom. The predicted molar refractivity (Wildman–Crippen MR) is 114 cm³/mol. The minimum absolute atomic E-state index is 0.154. The first-order valence-electron chi connectivity index (χ1n) is 8.05. The Bertz CT molecular complexity index is 1120. The molecule has 0 aliphatic carbocycles. The lowest BCUT2D eigenvalue weighted by atomic mass is 10.2. The number of hydrogen-bond acceptors (Lipinski definition) is 4. The van der Waals surface area contributed by atoms with Gasteiger partial charge in [0.2, 0.25) is 0 Å². The highest BCUT2D eigenvalue weighted by Gasteiger charge is 2.17. The molecule has 27 heavy (non-hydrogen) atoms. The van der Waals surface area contributed by atoms with Crippen molar-refractivity contribution in [1.29, 1.82) is 0 Å². The number of nitrogens with one attached hydrogen (secondary N) is 2. The zero-order valence-electron chi connectivity index (χ0n) is 13.9. The van der Waals surface area contributed by atoms with E-state index in [0.29, 0.717) is 26.2 Å². The standard InChI is InChI=1S/C20H13ClN2O2S2/c21-17-14-4-1-2-5-15(14)27-18(17)20(25)23-13-9-7-12(8-10-13)22-19(24)16-6-3-11-26-16/h1-11H,(H,22,24)(H,23,25). The van der Waals surface area contributed by atoms with Gasteiger partial charge in [0, 0.05) is 21.5 Å². The van der Waals surface area contributed by atoms with Crippen LogP contribution in [0.1, 0.15) is 19.3 Å². The summed E-state index contributed by atoms with van der Waals surface area (Å²) in [7, 11) is 0. The van der Waals surface area contributed by atoms with E-state index in [1.165, 1.54) is 22.7 Å². The van der Waals surface area contributed by atoms with Crippen LogP contribution in [0, 0.1) is 0 Å². The second-order valence-corrected chi connectivity index (χ2v) is 8.08. The summed E-state index contributed by atoms with van der Waals surface area (Å²) in [6.07, 6.45) is 0. The number of halogens is 1. The lowest BCUT2D eigenvalue weighted by Crippen LogP contribution is -2.12. The minimum Gasteiger partial charge on any atom is -0.321 e. The lowest BCUT2D eigenvalue weighted by Gasteiger charge is -2.07. The SMILES string of the molecule is O=C(Nc1ccc(NC(=O)c2sc3ccccc3c2Cl)cc1)c1cccs1. The van der Waals surface area contributed by atoms with Crippen LogP contribution in [0.5, 0.6) is 0 Å². The van der Waals surface area contributed by atoms with Gasteiger partial charge < -0.3 is 10.6 Å². The number of fused-ring (bicyclic) bond motifs is 1. The highest BCUT2D eigenvalue weighted by Crippen LogP contribution is 2.35. The molecule has 2 N–H and O–H groups in total. The second-order valence-electron chi connectivity index (χ2n) is 5.70. The largest absolute Gasteiger partial charge is 0.321 e. The first kappa shape index (κ1) is 17.7. The summed E-state index contributed by atoms with van der Waals surface area (Å²) in [5, 5.41) is 8.86. The highest BCUT2D eigenvalue weighted by atomic mass is 35.5. The molecule has 2 aromatic heterocycles. The third-order valence-electron chi connectivity index (χ3n) is 3.89. The van der Waals surface area contributed by atoms with E-state index in [2.05, 4.69) is 10.6 Å². The number of carbonyl (C=O) groups is 2. The lowest BCUT2D eigenvalue weighted by molar-refractivity contribution is 0.102. The summed E-state index contributed by atoms with van der Waals surface area (Å²) in [5.41, 5.74) is 1.29. The number of thiophene rings is 2. The van der Waals surface area contributed by atoms with Gasteiger partial charge in [-0.05, 0) is 41.8 Å². The molecular formula is C20H13ClN2O2S2. The molecule has 0 saturated heterocycles. The second kappa shape index (κ2) is 7.52. The molecule has 0 radical (unpaired) electrons. The van der Waals surface area contributed by atoms with Crippen molar-refractivity contribution in [2.24, 2.45) is 0 Å². The summed E-state index contributed by atoms with van der Waals surface area (Å²) >= 11 is 9.10. The van der Waals surface area contributed by atoms with Crippen molar-refractivity contribution < 1.29 is 9.59 Å². The molecule has 0 unspecified atom stereocenters. The molecule has 0 bridgehead atoms. The number of hydrogen-bond donors (Lipinski definition) is 2. The Morgan fingerprint density at radius 1 is 0.815 bits per heavy atom. The van der Waals surface area contributed by atoms with Gasteiger partial charge in [-0.3, -0.25) is 9.59 Å². The maximum absolute atomic E-state index is 12.6. The van der Waals surface area contributed by atoms with E-state index in [0.717, 1.165) is 10.1 Å². The van der Waals surface area contributed by atoms with Crippen molar-refractivity contribution >= 4 is 67.5 Å². The fraction of sp³-hybridized carbons (Fsp3) is 0. The molecule has 0 aliphatic heterocycles. The first-order valence-corrected chi connectivity index (χ1v) is 10.1. The van der Waals surface area contributed by atoms with E-state index in [-0.39, 0.29) is 11.8 Å². The normalized spacial score (nSPS) is 10.7. The van der Waals surface area contributed by atoms with Crippen LogP contribution in [-0.2, 0) is 0 Å². The van der Waals surface area contributed by atoms with E-state index >= 15 is 0 Å². The molecule has 0 fully saturated rings. The van der Waals surface area contributed by atoms with Gasteiger partial charge in [-0.2, -0.15) is 0 Å². The van der Waals surface area contributed by atoms with E-state index in [1.54, 1.807) is 30.3 Å². The van der Waals surface area contributed by atoms with Gasteiger partial charge in [-0.15, -0.1) is 22.7 Å². The van der Waals surface area contributed by atoms with Gasteiger partial charge in [-0.1, -0.05) is 35.9 Å². The molecule has 0 atom stereocenters. The maximum atomic E-state index is 12.6. The molecule has 4 rings (SSSR count). The summed E-state index contributed by atoms with van der Waals surface area (Å²) in [5.74, 6) is -0.407. The van der Waals surface area contributed by atoms with Crippen LogP contribution < -0.4 is 10.6 Å². The minimum atomic E-state index is -0.253. The molecular weight excluding hydrogens is 400 g/mol. The van der Waals surface area contributed by atoms with Crippen LogP contribution in [0.3, 0.4) is 0 Å². The Labute approximate surface area is 168 Å². The Hall–Kier alpha value is -2.67. The average Bonchev–Trinajstić information content (AvgIpc) is 3.32. The van der Waals surface area contributed by atoms with Crippen molar-refractivity contribution in [2.75, 3.05) is 10.6 Å². The quantitative estimate of drug-likeness (QED) is 0.424. The van der Waals surface area contributed by atoms with Crippen molar-refractivity contribution in [1.82, 2.24) is 0 Å². The molecule has 7 heteroatoms. The van der Waals surface area contributed by atoms with Crippen molar-refractivity contribution in [3.8, 4) is 0 Å². The Balaban J connectivity index is 1.47. The molecule has 0 aliphatic rings. The maximum Gasteiger partial charge on any atom is 0.267 e. The first-order chi connectivity index (χ1) is 13.1. The van der Waals surface area contributed by atoms with Gasteiger partial charge in [0.05, 0.1) is 9.90 Å². The molecule has 2 aromatic carbocycles. The number of amides is 2. The van der Waals surface area contributed by atoms with E-state index in [1.807, 2.05) is 35.7 Å². The highest BCUT2D eigenvalue weighted by molar-refractivity contribution is 7.21. The van der Waals surface area contributed by atoms with Gasteiger partial charge in [0.1, 0.15) is 4.88 Å². The molecule has 2 amide bonds. The van der Waals surface area contributed by atoms with Gasteiger partial charge in [0.25, 0.3) is 11.8 Å². The van der Waals surface area contributed by atoms with Crippen molar-refractivity contribution in [3.63, 3.8) is 0 Å². The fourth-order valence-electron chi connectivity index (χ4n) is 2.59. The predicted octanol–water partition coefficient (Wildman–Crippen LogP) is 6.12. The number of rotatable bonds is 4. The molecule has 2 heterocycles. The van der Waals surface area contributed by atoms with Crippen molar-refractivity contribution in [3.05, 3.63) is 80.8 Å². The van der Waals surface area contributed by atoms with E-state index < -0.39 is 0 Å².